The minimum atomic E-state index is -0.191. The van der Waals surface area contributed by atoms with Gasteiger partial charge in [0.2, 0.25) is 0 Å². The maximum atomic E-state index is 13.1. The largest absolute Gasteiger partial charge is 0.295 e. The predicted octanol–water partition coefficient (Wildman–Crippen LogP) is 4.47. The van der Waals surface area contributed by atoms with Gasteiger partial charge >= 0.3 is 0 Å². The van der Waals surface area contributed by atoms with Gasteiger partial charge in [-0.3, -0.25) is 9.88 Å². The van der Waals surface area contributed by atoms with E-state index in [0.717, 1.165) is 31.6 Å². The molecule has 122 valence electrons. The molecule has 0 amide bonds. The lowest BCUT2D eigenvalue weighted by Gasteiger charge is -2.22. The van der Waals surface area contributed by atoms with E-state index in [2.05, 4.69) is 34.1 Å². The molecule has 2 nitrogen and oxygen atoms in total. The fraction of sp³-hybridized carbons (Fsp3) is 0.190. The summed E-state index contributed by atoms with van der Waals surface area (Å²) in [6.45, 7) is 2.60. The summed E-state index contributed by atoms with van der Waals surface area (Å²) in [6, 6.07) is 21.3. The van der Waals surface area contributed by atoms with Crippen LogP contribution in [0.25, 0.3) is 0 Å². The quantitative estimate of drug-likeness (QED) is 0.639. The molecule has 1 aromatic heterocycles. The van der Waals surface area contributed by atoms with Crippen molar-refractivity contribution in [2.75, 3.05) is 6.54 Å². The van der Waals surface area contributed by atoms with Gasteiger partial charge in [-0.1, -0.05) is 42.5 Å². The number of rotatable bonds is 7. The molecule has 3 rings (SSSR count). The van der Waals surface area contributed by atoms with Gasteiger partial charge in [0.05, 0.1) is 0 Å². The maximum absolute atomic E-state index is 13.1. The average molecular weight is 320 g/mol. The minimum Gasteiger partial charge on any atom is -0.295 e. The molecule has 0 spiro atoms. The van der Waals surface area contributed by atoms with Crippen LogP contribution in [0.5, 0.6) is 0 Å². The SMILES string of the molecule is Fc1ccc(CN(CCc2ccccc2)Cc2ccncc2)cc1. The molecule has 2 aromatic carbocycles. The Bertz CT molecular complexity index is 727. The van der Waals surface area contributed by atoms with Crippen molar-refractivity contribution in [2.24, 2.45) is 0 Å². The molecule has 3 aromatic rings. The van der Waals surface area contributed by atoms with Crippen molar-refractivity contribution in [2.45, 2.75) is 19.5 Å². The Hall–Kier alpha value is -2.52. The standard InChI is InChI=1S/C21H21FN2/c22-21-8-6-19(7-9-21)16-24(17-20-10-13-23-14-11-20)15-12-18-4-2-1-3-5-18/h1-11,13-14H,12,15-17H2. The summed E-state index contributed by atoms with van der Waals surface area (Å²) in [5.74, 6) is -0.191. The summed E-state index contributed by atoms with van der Waals surface area (Å²) in [4.78, 5) is 6.46. The van der Waals surface area contributed by atoms with E-state index in [1.165, 1.54) is 23.3 Å². The normalized spacial score (nSPS) is 10.9. The second-order valence-corrected chi connectivity index (χ2v) is 5.93. The lowest BCUT2D eigenvalue weighted by Crippen LogP contribution is -2.25. The van der Waals surface area contributed by atoms with Gasteiger partial charge in [-0.15, -0.1) is 0 Å². The molecule has 0 atom stereocenters. The Balaban J connectivity index is 1.68. The smallest absolute Gasteiger partial charge is 0.123 e. The second kappa shape index (κ2) is 8.37. The highest BCUT2D eigenvalue weighted by atomic mass is 19.1. The highest BCUT2D eigenvalue weighted by Gasteiger charge is 2.08. The van der Waals surface area contributed by atoms with Crippen molar-refractivity contribution < 1.29 is 4.39 Å². The summed E-state index contributed by atoms with van der Waals surface area (Å²) in [7, 11) is 0. The van der Waals surface area contributed by atoms with E-state index in [0.29, 0.717) is 0 Å². The molecular formula is C21H21FN2. The molecule has 0 bridgehead atoms. The third-order valence-corrected chi connectivity index (χ3v) is 4.03. The number of hydrogen-bond donors (Lipinski definition) is 0. The van der Waals surface area contributed by atoms with Gasteiger partial charge in [-0.05, 0) is 47.4 Å². The van der Waals surface area contributed by atoms with Crippen molar-refractivity contribution in [1.82, 2.24) is 9.88 Å². The highest BCUT2D eigenvalue weighted by molar-refractivity contribution is 5.18. The fourth-order valence-electron chi connectivity index (χ4n) is 2.74. The van der Waals surface area contributed by atoms with Gasteiger partial charge in [-0.25, -0.2) is 4.39 Å². The molecule has 1 heterocycles. The van der Waals surface area contributed by atoms with E-state index in [9.17, 15) is 4.39 Å². The van der Waals surface area contributed by atoms with Gasteiger partial charge in [0.15, 0.2) is 0 Å². The van der Waals surface area contributed by atoms with E-state index in [-0.39, 0.29) is 5.82 Å². The van der Waals surface area contributed by atoms with Gasteiger partial charge < -0.3 is 0 Å². The lowest BCUT2D eigenvalue weighted by molar-refractivity contribution is 0.260. The molecule has 0 N–H and O–H groups in total. The van der Waals surface area contributed by atoms with Crippen molar-refractivity contribution >= 4 is 0 Å². The van der Waals surface area contributed by atoms with E-state index >= 15 is 0 Å². The number of benzene rings is 2. The van der Waals surface area contributed by atoms with Crippen LogP contribution >= 0.6 is 0 Å². The first kappa shape index (κ1) is 16.3. The predicted molar refractivity (Wildman–Crippen MR) is 94.9 cm³/mol. The maximum Gasteiger partial charge on any atom is 0.123 e. The number of nitrogens with zero attached hydrogens (tertiary/aromatic N) is 2. The summed E-state index contributed by atoms with van der Waals surface area (Å²) in [6.07, 6.45) is 4.64. The van der Waals surface area contributed by atoms with Gasteiger partial charge in [0.1, 0.15) is 5.82 Å². The zero-order valence-electron chi connectivity index (χ0n) is 13.6. The Morgan fingerprint density at radius 2 is 1.33 bits per heavy atom. The van der Waals surface area contributed by atoms with E-state index in [4.69, 9.17) is 0 Å². The number of hydrogen-bond acceptors (Lipinski definition) is 2. The number of aromatic nitrogens is 1. The highest BCUT2D eigenvalue weighted by Crippen LogP contribution is 2.12. The second-order valence-electron chi connectivity index (χ2n) is 5.93. The Morgan fingerprint density at radius 3 is 2.00 bits per heavy atom. The van der Waals surface area contributed by atoms with Crippen LogP contribution in [0.15, 0.2) is 79.1 Å². The number of halogens is 1. The molecule has 0 aliphatic carbocycles. The van der Waals surface area contributed by atoms with Crippen molar-refractivity contribution in [3.05, 3.63) is 102 Å². The first-order valence-corrected chi connectivity index (χ1v) is 8.19. The summed E-state index contributed by atoms with van der Waals surface area (Å²) < 4.78 is 13.1. The summed E-state index contributed by atoms with van der Waals surface area (Å²) in [5.41, 5.74) is 3.69. The molecule has 24 heavy (non-hydrogen) atoms. The Labute approximate surface area is 142 Å². The van der Waals surface area contributed by atoms with Crippen LogP contribution in [0.3, 0.4) is 0 Å². The Kier molecular flexibility index (Phi) is 5.70. The third kappa shape index (κ3) is 5.00. The zero-order chi connectivity index (χ0) is 16.6. The van der Waals surface area contributed by atoms with Crippen LogP contribution in [0.2, 0.25) is 0 Å². The van der Waals surface area contributed by atoms with Crippen molar-refractivity contribution in [3.63, 3.8) is 0 Å². The van der Waals surface area contributed by atoms with Crippen LogP contribution < -0.4 is 0 Å². The molecule has 0 aliphatic heterocycles. The van der Waals surface area contributed by atoms with E-state index in [1.54, 1.807) is 0 Å². The molecule has 0 radical (unpaired) electrons. The van der Waals surface area contributed by atoms with E-state index < -0.39 is 0 Å². The lowest BCUT2D eigenvalue weighted by atomic mass is 10.1. The third-order valence-electron chi connectivity index (χ3n) is 4.03. The van der Waals surface area contributed by atoms with Crippen LogP contribution in [-0.2, 0) is 19.5 Å². The first-order valence-electron chi connectivity index (χ1n) is 8.19. The van der Waals surface area contributed by atoms with Crippen LogP contribution in [0, 0.1) is 5.82 Å². The number of pyridine rings is 1. The van der Waals surface area contributed by atoms with E-state index in [1.807, 2.05) is 42.7 Å². The minimum absolute atomic E-state index is 0.191. The molecule has 0 unspecified atom stereocenters. The van der Waals surface area contributed by atoms with Gasteiger partial charge in [0.25, 0.3) is 0 Å². The van der Waals surface area contributed by atoms with Crippen LogP contribution in [-0.4, -0.2) is 16.4 Å². The summed E-state index contributed by atoms with van der Waals surface area (Å²) in [5, 5.41) is 0. The van der Waals surface area contributed by atoms with Crippen LogP contribution in [0.1, 0.15) is 16.7 Å². The topological polar surface area (TPSA) is 16.1 Å². The van der Waals surface area contributed by atoms with Crippen LogP contribution in [0.4, 0.5) is 4.39 Å². The van der Waals surface area contributed by atoms with Crippen molar-refractivity contribution in [1.29, 1.82) is 0 Å². The van der Waals surface area contributed by atoms with Gasteiger partial charge in [0, 0.05) is 32.0 Å². The fourth-order valence-corrected chi connectivity index (χ4v) is 2.74. The Morgan fingerprint density at radius 1 is 0.708 bits per heavy atom. The van der Waals surface area contributed by atoms with Crippen molar-refractivity contribution in [3.8, 4) is 0 Å². The molecule has 0 saturated heterocycles. The van der Waals surface area contributed by atoms with Gasteiger partial charge in [-0.2, -0.15) is 0 Å². The average Bonchev–Trinajstić information content (AvgIpc) is 2.63. The summed E-state index contributed by atoms with van der Waals surface area (Å²) >= 11 is 0. The monoisotopic (exact) mass is 320 g/mol. The molecular weight excluding hydrogens is 299 g/mol. The molecule has 0 aliphatic rings. The molecule has 3 heteroatoms. The first-order chi connectivity index (χ1) is 11.8. The molecule has 0 saturated carbocycles. The zero-order valence-corrected chi connectivity index (χ0v) is 13.6. The molecule has 0 fully saturated rings.